The number of aliphatic imine (C=N–C) groups is 1. The maximum atomic E-state index is 14.4. The Balaban J connectivity index is 2.27. The summed E-state index contributed by atoms with van der Waals surface area (Å²) in [4.78, 5) is 4.48. The van der Waals surface area contributed by atoms with Crippen molar-refractivity contribution in [2.75, 3.05) is 25.2 Å². The topological polar surface area (TPSA) is 50.8 Å². The van der Waals surface area contributed by atoms with Crippen LogP contribution in [-0.4, -0.2) is 25.9 Å². The Kier molecular flexibility index (Phi) is 4.43. The third kappa shape index (κ3) is 2.87. The predicted octanol–water partition coefficient (Wildman–Crippen LogP) is 3.67. The highest BCUT2D eigenvalue weighted by atomic mass is 35.5. The number of ether oxygens (including phenoxy) is 1. The number of hydrogen-bond donors (Lipinski definition) is 1. The van der Waals surface area contributed by atoms with Crippen LogP contribution in [-0.2, 0) is 0 Å². The van der Waals surface area contributed by atoms with Crippen LogP contribution in [0.3, 0.4) is 0 Å². The van der Waals surface area contributed by atoms with Crippen LogP contribution in [0.15, 0.2) is 35.3 Å². The van der Waals surface area contributed by atoms with Crippen LogP contribution in [0.4, 0.5) is 10.1 Å². The van der Waals surface area contributed by atoms with Gasteiger partial charge in [0.2, 0.25) is 0 Å². The first kappa shape index (κ1) is 16.1. The molecule has 0 unspecified atom stereocenters. The van der Waals surface area contributed by atoms with Gasteiger partial charge in [-0.15, -0.1) is 0 Å². The van der Waals surface area contributed by atoms with Gasteiger partial charge < -0.3 is 9.75 Å². The fourth-order valence-corrected chi connectivity index (χ4v) is 2.91. The summed E-state index contributed by atoms with van der Waals surface area (Å²) >= 11 is 12.5. The molecular weight excluding hydrogens is 340 g/mol. The van der Waals surface area contributed by atoms with Crippen molar-refractivity contribution >= 4 is 34.6 Å². The van der Waals surface area contributed by atoms with Gasteiger partial charge in [-0.05, 0) is 30.3 Å². The number of rotatable bonds is 2. The monoisotopic (exact) mass is 353 g/mol. The summed E-state index contributed by atoms with van der Waals surface area (Å²) in [5.41, 5.74) is 1.88. The molecule has 7 heteroatoms. The second kappa shape index (κ2) is 6.35. The zero-order chi connectivity index (χ0) is 16.6. The smallest absolute Gasteiger partial charge is 0.132 e. The predicted molar refractivity (Wildman–Crippen MR) is 91.5 cm³/mol. The zero-order valence-corrected chi connectivity index (χ0v) is 13.8. The fraction of sp³-hybridized carbons (Fsp3) is 0.188. The van der Waals surface area contributed by atoms with Gasteiger partial charge in [-0.3, -0.25) is 4.99 Å². The van der Waals surface area contributed by atoms with Crippen molar-refractivity contribution in [3.63, 3.8) is 0 Å². The lowest BCUT2D eigenvalue weighted by Gasteiger charge is -2.20. The van der Waals surface area contributed by atoms with Crippen molar-refractivity contribution in [1.82, 2.24) is 0 Å². The van der Waals surface area contributed by atoms with Gasteiger partial charge in [0.25, 0.3) is 0 Å². The molecule has 0 bridgehead atoms. The van der Waals surface area contributed by atoms with Crippen molar-refractivity contribution in [3.05, 3.63) is 57.3 Å². The Morgan fingerprint density at radius 1 is 1.26 bits per heavy atom. The van der Waals surface area contributed by atoms with E-state index in [-0.39, 0.29) is 0 Å². The van der Waals surface area contributed by atoms with Gasteiger partial charge in [-0.2, -0.15) is 0 Å². The van der Waals surface area contributed by atoms with Crippen LogP contribution < -0.4 is 15.6 Å². The van der Waals surface area contributed by atoms with E-state index in [9.17, 15) is 4.39 Å². The van der Waals surface area contributed by atoms with Crippen molar-refractivity contribution in [1.29, 1.82) is 0 Å². The van der Waals surface area contributed by atoms with Gasteiger partial charge in [0.15, 0.2) is 0 Å². The van der Waals surface area contributed by atoms with Crippen molar-refractivity contribution in [3.8, 4) is 5.75 Å². The number of anilines is 1. The van der Waals surface area contributed by atoms with E-state index in [0.29, 0.717) is 51.4 Å². The van der Waals surface area contributed by atoms with Gasteiger partial charge in [0.05, 0.1) is 41.6 Å². The highest BCUT2D eigenvalue weighted by Gasteiger charge is 2.24. The Bertz CT molecular complexity index is 795. The number of methoxy groups -OCH3 is 1. The molecule has 0 saturated carbocycles. The Morgan fingerprint density at radius 2 is 2.04 bits per heavy atom. The molecule has 0 atom stereocenters. The highest BCUT2D eigenvalue weighted by molar-refractivity contribution is 6.45. The minimum Gasteiger partial charge on any atom is -0.497 e. The number of halogens is 3. The lowest BCUT2D eigenvalue weighted by atomic mass is 9.99. The molecule has 4 nitrogen and oxygen atoms in total. The number of benzodiazepines with no additional fused rings is 1. The van der Waals surface area contributed by atoms with Crippen LogP contribution in [0.25, 0.3) is 0 Å². The molecule has 2 aromatic rings. The van der Waals surface area contributed by atoms with Gasteiger partial charge in [-0.1, -0.05) is 23.2 Å². The summed E-state index contributed by atoms with van der Waals surface area (Å²) in [5, 5.41) is 2.19. The molecule has 2 aromatic carbocycles. The maximum Gasteiger partial charge on any atom is 0.132 e. The summed E-state index contributed by atoms with van der Waals surface area (Å²) in [5.74, 6) is 6.15. The van der Waals surface area contributed by atoms with Crippen molar-refractivity contribution < 1.29 is 9.13 Å². The number of hydrogen-bond acceptors (Lipinski definition) is 4. The minimum atomic E-state index is -0.419. The zero-order valence-electron chi connectivity index (χ0n) is 12.3. The Morgan fingerprint density at radius 3 is 2.78 bits per heavy atom. The number of hydrazine groups is 1. The number of benzene rings is 2. The van der Waals surface area contributed by atoms with Crippen LogP contribution in [0.1, 0.15) is 11.1 Å². The first-order chi connectivity index (χ1) is 11.0. The molecule has 1 aliphatic heterocycles. The summed E-state index contributed by atoms with van der Waals surface area (Å²) in [6.07, 6.45) is 0. The molecule has 3 rings (SSSR count). The molecule has 23 heavy (non-hydrogen) atoms. The Labute approximate surface area is 143 Å². The second-order valence-corrected chi connectivity index (χ2v) is 5.81. The molecule has 0 radical (unpaired) electrons. The van der Waals surface area contributed by atoms with E-state index >= 15 is 0 Å². The standard InChI is InChI=1S/C16H14Cl2FN3O/c1-23-9-2-4-12(19)10(8-9)16-14-13(22(20)7-6-21-16)5-3-11(17)15(14)18/h2-5,8H,6-7,20H2,1H3. The van der Waals surface area contributed by atoms with Gasteiger partial charge in [0, 0.05) is 11.1 Å². The lowest BCUT2D eigenvalue weighted by Crippen LogP contribution is -2.33. The van der Waals surface area contributed by atoms with Crippen LogP contribution in [0.5, 0.6) is 5.75 Å². The molecule has 0 aromatic heterocycles. The third-order valence-corrected chi connectivity index (χ3v) is 4.46. The van der Waals surface area contributed by atoms with E-state index in [1.165, 1.54) is 18.2 Å². The summed E-state index contributed by atoms with van der Waals surface area (Å²) in [7, 11) is 1.52. The summed E-state index contributed by atoms with van der Waals surface area (Å²) in [6, 6.07) is 7.88. The first-order valence-corrected chi connectivity index (χ1v) is 7.67. The fourth-order valence-electron chi connectivity index (χ4n) is 2.51. The van der Waals surface area contributed by atoms with E-state index in [4.69, 9.17) is 33.8 Å². The van der Waals surface area contributed by atoms with E-state index in [1.54, 1.807) is 24.3 Å². The first-order valence-electron chi connectivity index (χ1n) is 6.92. The Hall–Kier alpha value is -1.82. The quantitative estimate of drug-likeness (QED) is 0.838. The molecule has 1 aliphatic rings. The van der Waals surface area contributed by atoms with Gasteiger partial charge in [-0.25, -0.2) is 10.2 Å². The molecular formula is C16H14Cl2FN3O. The van der Waals surface area contributed by atoms with E-state index < -0.39 is 5.82 Å². The minimum absolute atomic E-state index is 0.294. The molecule has 0 aliphatic carbocycles. The van der Waals surface area contributed by atoms with Crippen LogP contribution in [0.2, 0.25) is 10.0 Å². The van der Waals surface area contributed by atoms with Gasteiger partial charge >= 0.3 is 0 Å². The number of nitrogens with two attached hydrogens (primary N) is 1. The average molecular weight is 354 g/mol. The molecule has 0 spiro atoms. The number of fused-ring (bicyclic) bond motifs is 1. The van der Waals surface area contributed by atoms with Crippen molar-refractivity contribution in [2.45, 2.75) is 0 Å². The second-order valence-electron chi connectivity index (χ2n) is 5.02. The molecule has 0 amide bonds. The number of nitrogens with zero attached hydrogens (tertiary/aromatic N) is 2. The highest BCUT2D eigenvalue weighted by Crippen LogP contribution is 2.36. The maximum absolute atomic E-state index is 14.4. The largest absolute Gasteiger partial charge is 0.497 e. The van der Waals surface area contributed by atoms with Gasteiger partial charge in [0.1, 0.15) is 11.6 Å². The summed E-state index contributed by atoms with van der Waals surface area (Å²) in [6.45, 7) is 0.894. The third-order valence-electron chi connectivity index (χ3n) is 3.66. The van der Waals surface area contributed by atoms with Crippen LogP contribution in [0, 0.1) is 5.82 Å². The molecule has 120 valence electrons. The van der Waals surface area contributed by atoms with E-state index in [1.807, 2.05) is 0 Å². The molecule has 2 N–H and O–H groups in total. The van der Waals surface area contributed by atoms with Crippen LogP contribution >= 0.6 is 23.2 Å². The lowest BCUT2D eigenvalue weighted by molar-refractivity contribution is 0.413. The normalized spacial score (nSPS) is 14.1. The molecule has 1 heterocycles. The van der Waals surface area contributed by atoms with Crippen molar-refractivity contribution in [2.24, 2.45) is 10.8 Å². The summed E-state index contributed by atoms with van der Waals surface area (Å²) < 4.78 is 19.6. The van der Waals surface area contributed by atoms with E-state index in [2.05, 4.69) is 4.99 Å². The van der Waals surface area contributed by atoms with E-state index in [0.717, 1.165) is 0 Å². The molecule has 0 fully saturated rings. The SMILES string of the molecule is COc1ccc(F)c(C2=NCCN(N)c3ccc(Cl)c(Cl)c32)c1. The molecule has 0 saturated heterocycles. The average Bonchev–Trinajstić information content (AvgIpc) is 2.71.